The third-order valence-corrected chi connectivity index (χ3v) is 5.97. The Morgan fingerprint density at radius 3 is 2.54 bits per heavy atom. The van der Waals surface area contributed by atoms with Gasteiger partial charge in [0.2, 0.25) is 10.0 Å². The van der Waals surface area contributed by atoms with Gasteiger partial charge in [-0.05, 0) is 52.7 Å². The van der Waals surface area contributed by atoms with Gasteiger partial charge in [0, 0.05) is 12.2 Å². The summed E-state index contributed by atoms with van der Waals surface area (Å²) in [6.45, 7) is 2.35. The molecule has 0 heterocycles. The van der Waals surface area contributed by atoms with Gasteiger partial charge in [-0.1, -0.05) is 19.4 Å². The molecule has 9 heteroatoms. The average Bonchev–Trinajstić information content (AvgIpc) is 2.67. The van der Waals surface area contributed by atoms with Crippen LogP contribution >= 0.6 is 15.9 Å². The smallest absolute Gasteiger partial charge is 0.259 e. The van der Waals surface area contributed by atoms with Gasteiger partial charge in [0.15, 0.2) is 0 Å². The van der Waals surface area contributed by atoms with Crippen molar-refractivity contribution >= 4 is 37.5 Å². The first-order valence-electron chi connectivity index (χ1n) is 8.65. The Bertz CT molecular complexity index is 947. The zero-order valence-corrected chi connectivity index (χ0v) is 18.3. The molecule has 0 bridgehead atoms. The minimum atomic E-state index is -3.64. The van der Waals surface area contributed by atoms with Gasteiger partial charge in [0.25, 0.3) is 5.91 Å². The molecule has 0 aliphatic carbocycles. The average molecular weight is 471 g/mol. The van der Waals surface area contributed by atoms with E-state index >= 15 is 0 Å². The summed E-state index contributed by atoms with van der Waals surface area (Å²) in [4.78, 5) is 12.8. The second kappa shape index (κ2) is 9.90. The monoisotopic (exact) mass is 470 g/mol. The maximum Gasteiger partial charge on any atom is 0.259 e. The summed E-state index contributed by atoms with van der Waals surface area (Å²) in [6.07, 6.45) is 1.64. The van der Waals surface area contributed by atoms with Crippen LogP contribution in [0, 0.1) is 0 Å². The quantitative estimate of drug-likeness (QED) is 0.543. The molecule has 152 valence electrons. The maximum absolute atomic E-state index is 12.8. The highest BCUT2D eigenvalue weighted by atomic mass is 79.9. The number of nitrogens with one attached hydrogen (secondary N) is 2. The topological polar surface area (TPSA) is 93.7 Å². The molecule has 0 radical (unpaired) electrons. The van der Waals surface area contributed by atoms with Crippen molar-refractivity contribution < 1.29 is 22.7 Å². The largest absolute Gasteiger partial charge is 0.497 e. The highest BCUT2D eigenvalue weighted by Crippen LogP contribution is 2.34. The third kappa shape index (κ3) is 5.46. The third-order valence-electron chi connectivity index (χ3n) is 3.93. The fraction of sp³-hybridized carbons (Fsp3) is 0.316. The second-order valence-corrected chi connectivity index (χ2v) is 8.54. The van der Waals surface area contributed by atoms with Crippen LogP contribution < -0.4 is 19.5 Å². The molecule has 0 unspecified atom stereocenters. The number of amides is 1. The number of carbonyl (C=O) groups excluding carboxylic acids is 1. The van der Waals surface area contributed by atoms with Crippen molar-refractivity contribution in [2.75, 3.05) is 26.1 Å². The molecule has 0 atom stereocenters. The molecule has 2 aromatic rings. The van der Waals surface area contributed by atoms with Crippen molar-refractivity contribution in [3.8, 4) is 11.5 Å². The molecule has 0 aromatic heterocycles. The SMILES string of the molecule is CCCCNS(=O)(=O)c1cccc(NC(=O)c2cc(OC)cc(Br)c2OC)c1. The first-order chi connectivity index (χ1) is 13.3. The number of anilines is 1. The highest BCUT2D eigenvalue weighted by molar-refractivity contribution is 9.10. The number of hydrogen-bond acceptors (Lipinski definition) is 5. The van der Waals surface area contributed by atoms with Crippen molar-refractivity contribution in [3.63, 3.8) is 0 Å². The van der Waals surface area contributed by atoms with E-state index < -0.39 is 15.9 Å². The number of unbranched alkanes of at least 4 members (excludes halogenated alkanes) is 1. The number of rotatable bonds is 9. The Hall–Kier alpha value is -2.10. The van der Waals surface area contributed by atoms with Crippen molar-refractivity contribution in [1.82, 2.24) is 4.72 Å². The van der Waals surface area contributed by atoms with Gasteiger partial charge in [-0.15, -0.1) is 0 Å². The molecule has 0 fully saturated rings. The van der Waals surface area contributed by atoms with E-state index in [1.54, 1.807) is 24.3 Å². The molecule has 0 spiro atoms. The lowest BCUT2D eigenvalue weighted by molar-refractivity contribution is 0.102. The van der Waals surface area contributed by atoms with Crippen LogP contribution in [-0.4, -0.2) is 35.1 Å². The van der Waals surface area contributed by atoms with Crippen molar-refractivity contribution in [2.24, 2.45) is 0 Å². The molecular formula is C19H23BrN2O5S. The molecule has 0 saturated carbocycles. The molecular weight excluding hydrogens is 448 g/mol. The lowest BCUT2D eigenvalue weighted by atomic mass is 10.1. The van der Waals surface area contributed by atoms with E-state index in [0.29, 0.717) is 28.2 Å². The van der Waals surface area contributed by atoms with Gasteiger partial charge in [0.05, 0.1) is 29.2 Å². The summed E-state index contributed by atoms with van der Waals surface area (Å²) in [7, 11) is -0.686. The number of carbonyl (C=O) groups is 1. The van der Waals surface area contributed by atoms with E-state index in [2.05, 4.69) is 26.0 Å². The predicted octanol–water partition coefficient (Wildman–Crippen LogP) is 3.80. The summed E-state index contributed by atoms with van der Waals surface area (Å²) in [6, 6.07) is 9.31. The number of hydrogen-bond donors (Lipinski definition) is 2. The summed E-state index contributed by atoms with van der Waals surface area (Å²) >= 11 is 3.35. The Morgan fingerprint density at radius 1 is 1.14 bits per heavy atom. The molecule has 2 N–H and O–H groups in total. The van der Waals surface area contributed by atoms with Gasteiger partial charge < -0.3 is 14.8 Å². The zero-order valence-electron chi connectivity index (χ0n) is 15.9. The Kier molecular flexibility index (Phi) is 7.85. The molecule has 0 saturated heterocycles. The number of benzene rings is 2. The van der Waals surface area contributed by atoms with Crippen LogP contribution in [0.2, 0.25) is 0 Å². The first kappa shape index (κ1) is 22.2. The van der Waals surface area contributed by atoms with E-state index in [4.69, 9.17) is 9.47 Å². The van der Waals surface area contributed by atoms with Crippen molar-refractivity contribution in [3.05, 3.63) is 46.4 Å². The van der Waals surface area contributed by atoms with Crippen LogP contribution in [0.5, 0.6) is 11.5 Å². The van der Waals surface area contributed by atoms with E-state index in [9.17, 15) is 13.2 Å². The summed E-state index contributed by atoms with van der Waals surface area (Å²) in [5.41, 5.74) is 0.604. The molecule has 0 aliphatic heterocycles. The van der Waals surface area contributed by atoms with E-state index in [1.807, 2.05) is 6.92 Å². The van der Waals surface area contributed by atoms with Crippen LogP contribution in [0.1, 0.15) is 30.1 Å². The van der Waals surface area contributed by atoms with Gasteiger partial charge in [-0.25, -0.2) is 13.1 Å². The minimum Gasteiger partial charge on any atom is -0.497 e. The Balaban J connectivity index is 2.27. The summed E-state index contributed by atoms with van der Waals surface area (Å²) in [5, 5.41) is 2.70. The highest BCUT2D eigenvalue weighted by Gasteiger charge is 2.19. The lowest BCUT2D eigenvalue weighted by Crippen LogP contribution is -2.24. The number of halogens is 1. The standard InChI is InChI=1S/C19H23BrN2O5S/c1-4-5-9-21-28(24,25)15-8-6-7-13(10-15)22-19(23)16-11-14(26-2)12-17(20)18(16)27-3/h6-8,10-12,21H,4-5,9H2,1-3H3,(H,22,23). The van der Waals surface area contributed by atoms with Gasteiger partial charge in [-0.2, -0.15) is 0 Å². The van der Waals surface area contributed by atoms with Crippen LogP contribution in [0.15, 0.2) is 45.8 Å². The molecule has 2 rings (SSSR count). The minimum absolute atomic E-state index is 0.0835. The summed E-state index contributed by atoms with van der Waals surface area (Å²) in [5.74, 6) is 0.377. The molecule has 1 amide bonds. The van der Waals surface area contributed by atoms with Crippen LogP contribution in [0.4, 0.5) is 5.69 Å². The lowest BCUT2D eigenvalue weighted by Gasteiger charge is -2.13. The summed E-state index contributed by atoms with van der Waals surface area (Å²) < 4.78 is 38.4. The number of ether oxygens (including phenoxy) is 2. The van der Waals surface area contributed by atoms with E-state index in [0.717, 1.165) is 12.8 Å². The molecule has 28 heavy (non-hydrogen) atoms. The molecule has 7 nitrogen and oxygen atoms in total. The van der Waals surface area contributed by atoms with Crippen LogP contribution in [0.25, 0.3) is 0 Å². The van der Waals surface area contributed by atoms with Gasteiger partial charge in [-0.3, -0.25) is 4.79 Å². The number of sulfonamides is 1. The van der Waals surface area contributed by atoms with Crippen molar-refractivity contribution in [2.45, 2.75) is 24.7 Å². The molecule has 0 aliphatic rings. The van der Waals surface area contributed by atoms with Crippen molar-refractivity contribution in [1.29, 1.82) is 0 Å². The van der Waals surface area contributed by atoms with E-state index in [1.165, 1.54) is 26.4 Å². The first-order valence-corrected chi connectivity index (χ1v) is 10.9. The van der Waals surface area contributed by atoms with Gasteiger partial charge in [0.1, 0.15) is 11.5 Å². The normalized spacial score (nSPS) is 11.1. The predicted molar refractivity (Wildman–Crippen MR) is 112 cm³/mol. The van der Waals surface area contributed by atoms with E-state index in [-0.39, 0.29) is 10.5 Å². The zero-order chi connectivity index (χ0) is 20.7. The molecule has 2 aromatic carbocycles. The maximum atomic E-state index is 12.8. The Labute approximate surface area is 173 Å². The Morgan fingerprint density at radius 2 is 1.89 bits per heavy atom. The van der Waals surface area contributed by atoms with Crippen LogP contribution in [-0.2, 0) is 10.0 Å². The fourth-order valence-corrected chi connectivity index (χ4v) is 4.19. The number of methoxy groups -OCH3 is 2. The fourth-order valence-electron chi connectivity index (χ4n) is 2.47. The second-order valence-electron chi connectivity index (χ2n) is 5.92. The van der Waals surface area contributed by atoms with Crippen LogP contribution in [0.3, 0.4) is 0 Å². The van der Waals surface area contributed by atoms with Gasteiger partial charge >= 0.3 is 0 Å².